The van der Waals surface area contributed by atoms with Crippen molar-refractivity contribution in [2.24, 2.45) is 0 Å². The molecule has 2 aliphatic rings. The molecule has 3 rings (SSSR count). The maximum absolute atomic E-state index is 6.36. The van der Waals surface area contributed by atoms with Crippen LogP contribution >= 0.6 is 0 Å². The molecule has 3 nitrogen and oxygen atoms in total. The van der Waals surface area contributed by atoms with Crippen LogP contribution in [0, 0.1) is 0 Å². The number of ether oxygens (including phenoxy) is 3. The molecule has 1 saturated heterocycles. The van der Waals surface area contributed by atoms with Gasteiger partial charge in [-0.25, -0.2) is 0 Å². The van der Waals surface area contributed by atoms with Crippen molar-refractivity contribution in [2.75, 3.05) is 6.61 Å². The first-order valence-electron chi connectivity index (χ1n) is 8.89. The van der Waals surface area contributed by atoms with Crippen LogP contribution in [0.1, 0.15) is 50.5 Å². The highest BCUT2D eigenvalue weighted by Gasteiger charge is 2.44. The van der Waals surface area contributed by atoms with E-state index in [0.29, 0.717) is 13.2 Å². The van der Waals surface area contributed by atoms with Crippen LogP contribution in [0.25, 0.3) is 0 Å². The second-order valence-corrected chi connectivity index (χ2v) is 6.64. The van der Waals surface area contributed by atoms with Crippen molar-refractivity contribution in [1.29, 1.82) is 0 Å². The maximum Gasteiger partial charge on any atom is 0.169 e. The molecule has 126 valence electrons. The van der Waals surface area contributed by atoms with Crippen LogP contribution in [0.3, 0.4) is 0 Å². The number of allylic oxidation sites excluding steroid dienone is 1. The SMILES string of the molecule is C=CCC[C@H](OCc1ccccc1)[C@H]1COC2(CCCCC2)O1. The van der Waals surface area contributed by atoms with Crippen LogP contribution in [-0.4, -0.2) is 24.6 Å². The van der Waals surface area contributed by atoms with E-state index in [-0.39, 0.29) is 18.0 Å². The van der Waals surface area contributed by atoms with E-state index in [1.165, 1.54) is 24.8 Å². The monoisotopic (exact) mass is 316 g/mol. The lowest BCUT2D eigenvalue weighted by atomic mass is 9.94. The molecule has 1 aromatic rings. The molecule has 0 radical (unpaired) electrons. The van der Waals surface area contributed by atoms with Crippen molar-refractivity contribution in [3.8, 4) is 0 Å². The smallest absolute Gasteiger partial charge is 0.169 e. The highest BCUT2D eigenvalue weighted by Crippen LogP contribution is 2.39. The summed E-state index contributed by atoms with van der Waals surface area (Å²) in [5.74, 6) is -0.328. The standard InChI is InChI=1S/C20H28O3/c1-2-3-12-18(21-15-17-10-6-4-7-11-17)19-16-22-20(23-19)13-8-5-9-14-20/h2,4,6-7,10-11,18-19H,1,3,5,8-9,12-16H2/t18-,19+/m0/s1. The molecule has 1 aliphatic heterocycles. The Kier molecular flexibility index (Phi) is 5.87. The molecule has 0 N–H and O–H groups in total. The summed E-state index contributed by atoms with van der Waals surface area (Å²) < 4.78 is 18.6. The predicted octanol–water partition coefficient (Wildman–Crippen LogP) is 4.61. The third kappa shape index (κ3) is 4.43. The van der Waals surface area contributed by atoms with Gasteiger partial charge >= 0.3 is 0 Å². The summed E-state index contributed by atoms with van der Waals surface area (Å²) in [5.41, 5.74) is 1.20. The van der Waals surface area contributed by atoms with Gasteiger partial charge in [0.15, 0.2) is 5.79 Å². The van der Waals surface area contributed by atoms with Gasteiger partial charge in [0.2, 0.25) is 0 Å². The first-order chi connectivity index (χ1) is 11.3. The molecule has 2 fully saturated rings. The molecule has 1 saturated carbocycles. The third-order valence-electron chi connectivity index (χ3n) is 4.87. The normalized spacial score (nSPS) is 24.6. The van der Waals surface area contributed by atoms with Crippen molar-refractivity contribution >= 4 is 0 Å². The lowest BCUT2D eigenvalue weighted by Gasteiger charge is -2.32. The largest absolute Gasteiger partial charge is 0.371 e. The Morgan fingerprint density at radius 3 is 2.74 bits per heavy atom. The lowest BCUT2D eigenvalue weighted by molar-refractivity contribution is -0.199. The number of rotatable bonds is 7. The van der Waals surface area contributed by atoms with E-state index in [0.717, 1.165) is 25.7 Å². The van der Waals surface area contributed by atoms with Crippen LogP contribution in [-0.2, 0) is 20.8 Å². The Bertz CT molecular complexity index is 479. The van der Waals surface area contributed by atoms with E-state index in [9.17, 15) is 0 Å². The Balaban J connectivity index is 1.58. The third-order valence-corrected chi connectivity index (χ3v) is 4.87. The van der Waals surface area contributed by atoms with Crippen LogP contribution in [0.15, 0.2) is 43.0 Å². The Labute approximate surface area is 139 Å². The fraction of sp³-hybridized carbons (Fsp3) is 0.600. The minimum Gasteiger partial charge on any atom is -0.371 e. The first kappa shape index (κ1) is 16.7. The molecular formula is C20H28O3. The van der Waals surface area contributed by atoms with E-state index in [1.807, 2.05) is 24.3 Å². The summed E-state index contributed by atoms with van der Waals surface area (Å²) in [4.78, 5) is 0. The first-order valence-corrected chi connectivity index (χ1v) is 8.89. The highest BCUT2D eigenvalue weighted by molar-refractivity contribution is 5.13. The fourth-order valence-corrected chi connectivity index (χ4v) is 3.55. The Morgan fingerprint density at radius 1 is 1.22 bits per heavy atom. The molecular weight excluding hydrogens is 288 g/mol. The summed E-state index contributed by atoms with van der Waals surface area (Å²) in [6.45, 7) is 5.10. The molecule has 0 amide bonds. The molecule has 1 aromatic carbocycles. The van der Waals surface area contributed by atoms with Crippen molar-refractivity contribution in [2.45, 2.75) is 69.5 Å². The van der Waals surface area contributed by atoms with E-state index in [2.05, 4.69) is 18.7 Å². The van der Waals surface area contributed by atoms with Gasteiger partial charge in [0.05, 0.1) is 19.3 Å². The van der Waals surface area contributed by atoms with E-state index in [4.69, 9.17) is 14.2 Å². The van der Waals surface area contributed by atoms with Crippen molar-refractivity contribution < 1.29 is 14.2 Å². The second kappa shape index (κ2) is 8.09. The zero-order valence-electron chi connectivity index (χ0n) is 13.9. The molecule has 23 heavy (non-hydrogen) atoms. The number of hydrogen-bond donors (Lipinski definition) is 0. The lowest BCUT2D eigenvalue weighted by Crippen LogP contribution is -2.37. The van der Waals surface area contributed by atoms with Crippen LogP contribution in [0.4, 0.5) is 0 Å². The van der Waals surface area contributed by atoms with Crippen molar-refractivity contribution in [3.05, 3.63) is 48.6 Å². The highest BCUT2D eigenvalue weighted by atomic mass is 16.8. The number of hydrogen-bond acceptors (Lipinski definition) is 3. The number of benzene rings is 1. The molecule has 0 unspecified atom stereocenters. The molecule has 1 heterocycles. The van der Waals surface area contributed by atoms with Gasteiger partial charge in [-0.3, -0.25) is 0 Å². The molecule has 1 aliphatic carbocycles. The van der Waals surface area contributed by atoms with E-state index in [1.54, 1.807) is 0 Å². The topological polar surface area (TPSA) is 27.7 Å². The molecule has 2 atom stereocenters. The summed E-state index contributed by atoms with van der Waals surface area (Å²) in [6.07, 6.45) is 9.67. The van der Waals surface area contributed by atoms with Gasteiger partial charge in [0, 0.05) is 12.8 Å². The molecule has 0 bridgehead atoms. The van der Waals surface area contributed by atoms with Crippen LogP contribution in [0.2, 0.25) is 0 Å². The van der Waals surface area contributed by atoms with Gasteiger partial charge in [-0.05, 0) is 31.2 Å². The summed E-state index contributed by atoms with van der Waals surface area (Å²) in [5, 5.41) is 0. The molecule has 3 heteroatoms. The van der Waals surface area contributed by atoms with E-state index >= 15 is 0 Å². The fourth-order valence-electron chi connectivity index (χ4n) is 3.55. The van der Waals surface area contributed by atoms with Gasteiger partial charge in [-0.15, -0.1) is 6.58 Å². The minimum absolute atomic E-state index is 0.0387. The van der Waals surface area contributed by atoms with Gasteiger partial charge in [0.25, 0.3) is 0 Å². The Hall–Kier alpha value is -1.16. The van der Waals surface area contributed by atoms with Gasteiger partial charge in [-0.2, -0.15) is 0 Å². The molecule has 1 spiro atoms. The quantitative estimate of drug-likeness (QED) is 0.687. The Morgan fingerprint density at radius 2 is 2.00 bits per heavy atom. The zero-order valence-corrected chi connectivity index (χ0v) is 13.9. The second-order valence-electron chi connectivity index (χ2n) is 6.64. The summed E-state index contributed by atoms with van der Waals surface area (Å²) in [6, 6.07) is 10.3. The minimum atomic E-state index is -0.328. The van der Waals surface area contributed by atoms with Crippen molar-refractivity contribution in [3.63, 3.8) is 0 Å². The zero-order chi connectivity index (χ0) is 16.0. The molecule has 0 aromatic heterocycles. The average Bonchev–Trinajstić information content (AvgIpc) is 3.00. The summed E-state index contributed by atoms with van der Waals surface area (Å²) >= 11 is 0. The predicted molar refractivity (Wildman–Crippen MR) is 91.1 cm³/mol. The van der Waals surface area contributed by atoms with Gasteiger partial charge in [0.1, 0.15) is 6.10 Å². The van der Waals surface area contributed by atoms with Crippen LogP contribution < -0.4 is 0 Å². The average molecular weight is 316 g/mol. The maximum atomic E-state index is 6.36. The van der Waals surface area contributed by atoms with Gasteiger partial charge in [-0.1, -0.05) is 42.8 Å². The van der Waals surface area contributed by atoms with E-state index < -0.39 is 0 Å². The van der Waals surface area contributed by atoms with Gasteiger partial charge < -0.3 is 14.2 Å². The summed E-state index contributed by atoms with van der Waals surface area (Å²) in [7, 11) is 0. The van der Waals surface area contributed by atoms with Crippen molar-refractivity contribution in [1.82, 2.24) is 0 Å². The van der Waals surface area contributed by atoms with Crippen LogP contribution in [0.5, 0.6) is 0 Å².